The molecule has 234 valence electrons. The van der Waals surface area contributed by atoms with Crippen LogP contribution in [0.25, 0.3) is 100 Å². The van der Waals surface area contributed by atoms with Gasteiger partial charge in [-0.05, 0) is 35.4 Å². The minimum Gasteiger partial charge on any atom is -0.455 e. The van der Waals surface area contributed by atoms with Gasteiger partial charge in [0.1, 0.15) is 22.3 Å². The molecule has 5 heteroatoms. The van der Waals surface area contributed by atoms with Gasteiger partial charge in [0.2, 0.25) is 0 Å². The predicted molar refractivity (Wildman–Crippen MR) is 202 cm³/mol. The van der Waals surface area contributed by atoms with E-state index >= 15 is 0 Å². The Hall–Kier alpha value is -6.85. The summed E-state index contributed by atoms with van der Waals surface area (Å²) in [4.78, 5) is 15.2. The Kier molecular flexibility index (Phi) is 6.42. The maximum Gasteiger partial charge on any atom is 0.164 e. The van der Waals surface area contributed by atoms with Crippen molar-refractivity contribution in [3.63, 3.8) is 0 Å². The van der Waals surface area contributed by atoms with E-state index < -0.39 is 0 Å². The molecule has 0 saturated heterocycles. The van der Waals surface area contributed by atoms with Crippen molar-refractivity contribution in [1.82, 2.24) is 15.0 Å². The molecule has 0 aliphatic heterocycles. The number of para-hydroxylation sites is 3. The average molecular weight is 642 g/mol. The highest BCUT2D eigenvalue weighted by atomic mass is 16.3. The fourth-order valence-corrected chi connectivity index (χ4v) is 6.91. The van der Waals surface area contributed by atoms with Crippen LogP contribution in [-0.4, -0.2) is 15.0 Å². The number of furan rings is 2. The van der Waals surface area contributed by atoms with Crippen LogP contribution in [-0.2, 0) is 0 Å². The van der Waals surface area contributed by atoms with Gasteiger partial charge in [-0.2, -0.15) is 0 Å². The highest BCUT2D eigenvalue weighted by molar-refractivity contribution is 6.15. The van der Waals surface area contributed by atoms with Crippen molar-refractivity contribution in [2.75, 3.05) is 0 Å². The second kappa shape index (κ2) is 11.4. The molecule has 50 heavy (non-hydrogen) atoms. The third kappa shape index (κ3) is 4.67. The molecule has 7 aromatic carbocycles. The van der Waals surface area contributed by atoms with Crippen LogP contribution in [0.1, 0.15) is 0 Å². The lowest BCUT2D eigenvalue weighted by Gasteiger charge is -2.11. The largest absolute Gasteiger partial charge is 0.455 e. The summed E-state index contributed by atoms with van der Waals surface area (Å²) in [7, 11) is 0. The number of fused-ring (bicyclic) bond motifs is 6. The molecule has 0 saturated carbocycles. The Morgan fingerprint density at radius 2 is 0.760 bits per heavy atom. The Morgan fingerprint density at radius 1 is 0.300 bits per heavy atom. The molecular formula is C45H27N3O2. The topological polar surface area (TPSA) is 65.0 Å². The molecule has 5 nitrogen and oxygen atoms in total. The summed E-state index contributed by atoms with van der Waals surface area (Å²) < 4.78 is 13.1. The molecule has 0 unspecified atom stereocenters. The molecule has 0 atom stereocenters. The van der Waals surface area contributed by atoms with Crippen molar-refractivity contribution in [3.8, 4) is 56.4 Å². The van der Waals surface area contributed by atoms with E-state index in [0.29, 0.717) is 17.5 Å². The van der Waals surface area contributed by atoms with Crippen LogP contribution in [0.15, 0.2) is 173 Å². The highest BCUT2D eigenvalue weighted by Crippen LogP contribution is 2.43. The minimum atomic E-state index is 0.575. The average Bonchev–Trinajstić information content (AvgIpc) is 3.77. The summed E-state index contributed by atoms with van der Waals surface area (Å²) in [5, 5.41) is 4.14. The lowest BCUT2D eigenvalue weighted by molar-refractivity contribution is 0.665. The minimum absolute atomic E-state index is 0.575. The highest BCUT2D eigenvalue weighted by Gasteiger charge is 2.21. The van der Waals surface area contributed by atoms with Gasteiger partial charge in [-0.15, -0.1) is 0 Å². The maximum atomic E-state index is 6.59. The quantitative estimate of drug-likeness (QED) is 0.187. The first-order valence-electron chi connectivity index (χ1n) is 16.6. The summed E-state index contributed by atoms with van der Waals surface area (Å²) in [6.45, 7) is 0. The summed E-state index contributed by atoms with van der Waals surface area (Å²) in [6, 6.07) is 55.7. The van der Waals surface area contributed by atoms with Gasteiger partial charge in [-0.25, -0.2) is 15.0 Å². The predicted octanol–water partition coefficient (Wildman–Crippen LogP) is 12.0. The van der Waals surface area contributed by atoms with Crippen molar-refractivity contribution >= 4 is 43.9 Å². The molecule has 0 amide bonds. The molecule has 0 fully saturated rings. The zero-order valence-electron chi connectivity index (χ0n) is 26.7. The Labute approximate surface area is 287 Å². The van der Waals surface area contributed by atoms with Crippen molar-refractivity contribution in [2.45, 2.75) is 0 Å². The number of hydrogen-bond donors (Lipinski definition) is 0. The number of nitrogens with zero attached hydrogens (tertiary/aromatic N) is 3. The van der Waals surface area contributed by atoms with Crippen molar-refractivity contribution in [2.24, 2.45) is 0 Å². The van der Waals surface area contributed by atoms with Crippen LogP contribution in [0.4, 0.5) is 0 Å². The zero-order chi connectivity index (χ0) is 33.0. The molecule has 0 spiro atoms. The number of benzene rings is 7. The normalized spacial score (nSPS) is 11.6. The first kappa shape index (κ1) is 28.2. The number of hydrogen-bond acceptors (Lipinski definition) is 5. The second-order valence-electron chi connectivity index (χ2n) is 12.4. The van der Waals surface area contributed by atoms with Crippen molar-refractivity contribution in [1.29, 1.82) is 0 Å². The summed E-state index contributed by atoms with van der Waals surface area (Å²) in [5.74, 6) is 1.79. The van der Waals surface area contributed by atoms with Gasteiger partial charge < -0.3 is 8.83 Å². The summed E-state index contributed by atoms with van der Waals surface area (Å²) in [5.41, 5.74) is 10.1. The van der Waals surface area contributed by atoms with E-state index in [1.165, 1.54) is 0 Å². The molecule has 0 bridgehead atoms. The first-order chi connectivity index (χ1) is 24.8. The van der Waals surface area contributed by atoms with E-state index in [0.717, 1.165) is 82.8 Å². The van der Waals surface area contributed by atoms with Crippen LogP contribution < -0.4 is 0 Å². The first-order valence-corrected chi connectivity index (χ1v) is 16.6. The van der Waals surface area contributed by atoms with Crippen LogP contribution in [0.3, 0.4) is 0 Å². The van der Waals surface area contributed by atoms with Gasteiger partial charge in [0.15, 0.2) is 17.5 Å². The van der Waals surface area contributed by atoms with Crippen LogP contribution in [0, 0.1) is 0 Å². The molecular weight excluding hydrogens is 615 g/mol. The SMILES string of the molecule is c1ccc(-c2ccc(-c3nc(-c4ccccc4)nc(-c4cc(-c5cccc6c5oc5ccccc56)c5oc6ccccc6c5c4)n3)cc2)cc1. The maximum absolute atomic E-state index is 6.59. The molecule has 0 radical (unpaired) electrons. The van der Waals surface area contributed by atoms with E-state index in [1.807, 2.05) is 72.8 Å². The van der Waals surface area contributed by atoms with Crippen LogP contribution >= 0.6 is 0 Å². The molecule has 0 aliphatic rings. The lowest BCUT2D eigenvalue weighted by atomic mass is 9.97. The third-order valence-corrected chi connectivity index (χ3v) is 9.35. The van der Waals surface area contributed by atoms with Crippen LogP contribution in [0.2, 0.25) is 0 Å². The van der Waals surface area contributed by atoms with Gasteiger partial charge in [0, 0.05) is 49.4 Å². The van der Waals surface area contributed by atoms with Crippen molar-refractivity contribution in [3.05, 3.63) is 164 Å². The molecule has 3 aromatic heterocycles. The molecule has 10 aromatic rings. The smallest absolute Gasteiger partial charge is 0.164 e. The Bertz CT molecular complexity index is 2850. The van der Waals surface area contributed by atoms with E-state index in [4.69, 9.17) is 23.8 Å². The van der Waals surface area contributed by atoms with Gasteiger partial charge in [0.05, 0.1) is 0 Å². The number of rotatable bonds is 5. The van der Waals surface area contributed by atoms with Gasteiger partial charge in [-0.1, -0.05) is 140 Å². The Balaban J connectivity index is 1.22. The van der Waals surface area contributed by atoms with Crippen LogP contribution in [0.5, 0.6) is 0 Å². The lowest BCUT2D eigenvalue weighted by Crippen LogP contribution is -2.00. The van der Waals surface area contributed by atoms with E-state index in [1.54, 1.807) is 0 Å². The van der Waals surface area contributed by atoms with Gasteiger partial charge >= 0.3 is 0 Å². The zero-order valence-corrected chi connectivity index (χ0v) is 26.7. The third-order valence-electron chi connectivity index (χ3n) is 9.35. The fourth-order valence-electron chi connectivity index (χ4n) is 6.91. The second-order valence-corrected chi connectivity index (χ2v) is 12.4. The van der Waals surface area contributed by atoms with Gasteiger partial charge in [0.25, 0.3) is 0 Å². The fraction of sp³-hybridized carbons (Fsp3) is 0. The van der Waals surface area contributed by atoms with E-state index in [9.17, 15) is 0 Å². The summed E-state index contributed by atoms with van der Waals surface area (Å²) >= 11 is 0. The Morgan fingerprint density at radius 3 is 1.42 bits per heavy atom. The molecule has 0 aliphatic carbocycles. The molecule has 3 heterocycles. The molecule has 10 rings (SSSR count). The number of aromatic nitrogens is 3. The van der Waals surface area contributed by atoms with Gasteiger partial charge in [-0.3, -0.25) is 0 Å². The standard InChI is InChI=1S/C45H27N3O2/c1-3-12-28(13-4-1)29-22-24-31(25-23-29)44-46-43(30-14-5-2-6-15-30)47-45(48-44)32-26-37-34-17-8-10-21-40(34)50-42(37)38(27-32)36-19-11-18-35-33-16-7-9-20-39(33)49-41(35)36/h1-27H. The van der Waals surface area contributed by atoms with E-state index in [2.05, 4.69) is 91.0 Å². The summed E-state index contributed by atoms with van der Waals surface area (Å²) in [6.07, 6.45) is 0. The molecule has 0 N–H and O–H groups in total. The van der Waals surface area contributed by atoms with E-state index in [-0.39, 0.29) is 0 Å². The van der Waals surface area contributed by atoms with Crippen molar-refractivity contribution < 1.29 is 8.83 Å². The monoisotopic (exact) mass is 641 g/mol.